The van der Waals surface area contributed by atoms with Crippen LogP contribution in [0.3, 0.4) is 0 Å². The van der Waals surface area contributed by atoms with Gasteiger partial charge >= 0.3 is 0 Å². The van der Waals surface area contributed by atoms with Crippen LogP contribution >= 0.6 is 0 Å². The number of benzene rings is 1. The van der Waals surface area contributed by atoms with Crippen LogP contribution in [-0.4, -0.2) is 43.7 Å². The van der Waals surface area contributed by atoms with Crippen LogP contribution in [0.2, 0.25) is 0 Å². The minimum absolute atomic E-state index is 0.0427. The lowest BCUT2D eigenvalue weighted by molar-refractivity contribution is -0.000186. The fourth-order valence-corrected chi connectivity index (χ4v) is 2.53. The Kier molecular flexibility index (Phi) is 5.44. The van der Waals surface area contributed by atoms with E-state index in [4.69, 9.17) is 15.2 Å². The number of amides is 1. The molecule has 1 unspecified atom stereocenters. The fraction of sp³-hybridized carbons (Fsp3) is 0.562. The Bertz CT molecular complexity index is 484. The molecule has 1 aliphatic heterocycles. The van der Waals surface area contributed by atoms with Crippen LogP contribution in [0.25, 0.3) is 0 Å². The van der Waals surface area contributed by atoms with Crippen LogP contribution in [0.5, 0.6) is 5.75 Å². The highest BCUT2D eigenvalue weighted by Gasteiger charge is 2.20. The van der Waals surface area contributed by atoms with E-state index >= 15 is 0 Å². The van der Waals surface area contributed by atoms with Crippen LogP contribution in [0, 0.1) is 0 Å². The van der Waals surface area contributed by atoms with E-state index in [1.807, 2.05) is 6.92 Å². The molecule has 2 rings (SSSR count). The zero-order valence-electron chi connectivity index (χ0n) is 12.8. The van der Waals surface area contributed by atoms with Crippen molar-refractivity contribution in [2.75, 3.05) is 32.5 Å². The maximum atomic E-state index is 12.4. The molecule has 0 aliphatic carbocycles. The molecule has 1 aliphatic rings. The van der Waals surface area contributed by atoms with Crippen LogP contribution in [0.15, 0.2) is 18.2 Å². The number of likely N-dealkylation sites (N-methyl/N-ethyl adjacent to an activating group) is 1. The lowest BCUT2D eigenvalue weighted by atomic mass is 10.1. The van der Waals surface area contributed by atoms with Crippen molar-refractivity contribution in [3.8, 4) is 5.75 Å². The van der Waals surface area contributed by atoms with Crippen molar-refractivity contribution in [2.24, 2.45) is 0 Å². The lowest BCUT2D eigenvalue weighted by Gasteiger charge is -2.27. The van der Waals surface area contributed by atoms with Crippen molar-refractivity contribution < 1.29 is 14.3 Å². The van der Waals surface area contributed by atoms with Gasteiger partial charge in [-0.2, -0.15) is 0 Å². The summed E-state index contributed by atoms with van der Waals surface area (Å²) in [7, 11) is 1.80. The highest BCUT2D eigenvalue weighted by atomic mass is 16.5. The number of rotatable bonds is 5. The second kappa shape index (κ2) is 7.31. The predicted octanol–water partition coefficient (Wildman–Crippen LogP) is 2.31. The van der Waals surface area contributed by atoms with E-state index in [9.17, 15) is 4.79 Å². The number of nitrogens with two attached hydrogens (primary N) is 1. The molecule has 5 nitrogen and oxygen atoms in total. The lowest BCUT2D eigenvalue weighted by Crippen LogP contribution is -2.37. The SMILES string of the molecule is CCOc1ccc(C(=O)N(C)CC2CCCCO2)cc1N. The molecule has 1 heterocycles. The van der Waals surface area contributed by atoms with Crippen LogP contribution < -0.4 is 10.5 Å². The van der Waals surface area contributed by atoms with Gasteiger partial charge in [0.25, 0.3) is 5.91 Å². The van der Waals surface area contributed by atoms with Gasteiger partial charge in [-0.15, -0.1) is 0 Å². The molecule has 0 bridgehead atoms. The molecule has 0 saturated carbocycles. The molecule has 0 spiro atoms. The summed E-state index contributed by atoms with van der Waals surface area (Å²) < 4.78 is 11.1. The number of nitrogen functional groups attached to an aromatic ring is 1. The number of carbonyl (C=O) groups excluding carboxylic acids is 1. The second-order valence-corrected chi connectivity index (χ2v) is 5.36. The monoisotopic (exact) mass is 292 g/mol. The van der Waals surface area contributed by atoms with Crippen LogP contribution in [0.4, 0.5) is 5.69 Å². The maximum Gasteiger partial charge on any atom is 0.253 e. The molecule has 1 fully saturated rings. The maximum absolute atomic E-state index is 12.4. The van der Waals surface area contributed by atoms with Gasteiger partial charge in [0.2, 0.25) is 0 Å². The zero-order chi connectivity index (χ0) is 15.2. The average molecular weight is 292 g/mol. The second-order valence-electron chi connectivity index (χ2n) is 5.36. The van der Waals surface area contributed by atoms with Gasteiger partial charge in [-0.25, -0.2) is 0 Å². The molecular weight excluding hydrogens is 268 g/mol. The molecule has 0 radical (unpaired) electrons. The van der Waals surface area contributed by atoms with Crippen LogP contribution in [0.1, 0.15) is 36.5 Å². The summed E-state index contributed by atoms with van der Waals surface area (Å²) in [6.07, 6.45) is 3.45. The summed E-state index contributed by atoms with van der Waals surface area (Å²) in [5.41, 5.74) is 6.98. The molecule has 116 valence electrons. The third-order valence-electron chi connectivity index (χ3n) is 3.65. The number of nitrogens with zero attached hydrogens (tertiary/aromatic N) is 1. The van der Waals surface area contributed by atoms with E-state index < -0.39 is 0 Å². The molecule has 0 aromatic heterocycles. The van der Waals surface area contributed by atoms with E-state index in [1.165, 1.54) is 6.42 Å². The fourth-order valence-electron chi connectivity index (χ4n) is 2.53. The summed E-state index contributed by atoms with van der Waals surface area (Å²) in [5, 5.41) is 0. The first-order valence-corrected chi connectivity index (χ1v) is 7.51. The summed E-state index contributed by atoms with van der Waals surface area (Å²) in [5.74, 6) is 0.575. The number of ether oxygens (including phenoxy) is 2. The zero-order valence-corrected chi connectivity index (χ0v) is 12.8. The van der Waals surface area contributed by atoms with Gasteiger partial charge in [0.05, 0.1) is 18.4 Å². The summed E-state index contributed by atoms with van der Waals surface area (Å²) >= 11 is 0. The Balaban J connectivity index is 1.99. The predicted molar refractivity (Wildman–Crippen MR) is 82.6 cm³/mol. The summed E-state index contributed by atoms with van der Waals surface area (Å²) in [4.78, 5) is 14.1. The smallest absolute Gasteiger partial charge is 0.253 e. The van der Waals surface area contributed by atoms with E-state index in [1.54, 1.807) is 30.1 Å². The third kappa shape index (κ3) is 4.11. The normalized spacial score (nSPS) is 18.3. The Labute approximate surface area is 126 Å². The molecule has 21 heavy (non-hydrogen) atoms. The van der Waals surface area contributed by atoms with Gasteiger partial charge in [0, 0.05) is 25.8 Å². The molecular formula is C16H24N2O3. The Hall–Kier alpha value is -1.75. The first kappa shape index (κ1) is 15.6. The van der Waals surface area contributed by atoms with Crippen molar-refractivity contribution >= 4 is 11.6 Å². The Morgan fingerprint density at radius 3 is 2.90 bits per heavy atom. The van der Waals surface area contributed by atoms with Gasteiger partial charge in [0.15, 0.2) is 0 Å². The molecule has 2 N–H and O–H groups in total. The van der Waals surface area contributed by atoms with Crippen LogP contribution in [-0.2, 0) is 4.74 Å². The summed E-state index contributed by atoms with van der Waals surface area (Å²) in [6, 6.07) is 5.17. The highest BCUT2D eigenvalue weighted by Crippen LogP contribution is 2.23. The van der Waals surface area contributed by atoms with Gasteiger partial charge < -0.3 is 20.1 Å². The minimum Gasteiger partial charge on any atom is -0.492 e. The van der Waals surface area contributed by atoms with Crippen molar-refractivity contribution in [3.63, 3.8) is 0 Å². The Morgan fingerprint density at radius 1 is 1.48 bits per heavy atom. The molecule has 1 aromatic carbocycles. The quantitative estimate of drug-likeness (QED) is 0.846. The summed E-state index contributed by atoms with van der Waals surface area (Å²) in [6.45, 7) is 3.86. The number of hydrogen-bond donors (Lipinski definition) is 1. The van der Waals surface area contributed by atoms with Crippen molar-refractivity contribution in [1.29, 1.82) is 0 Å². The molecule has 1 amide bonds. The van der Waals surface area contributed by atoms with E-state index in [0.717, 1.165) is 19.4 Å². The van der Waals surface area contributed by atoms with Gasteiger partial charge in [0.1, 0.15) is 5.75 Å². The number of carbonyl (C=O) groups is 1. The Morgan fingerprint density at radius 2 is 2.29 bits per heavy atom. The average Bonchev–Trinajstić information content (AvgIpc) is 2.49. The minimum atomic E-state index is -0.0427. The topological polar surface area (TPSA) is 64.8 Å². The van der Waals surface area contributed by atoms with E-state index in [-0.39, 0.29) is 12.0 Å². The largest absolute Gasteiger partial charge is 0.492 e. The van der Waals surface area contributed by atoms with Crippen molar-refractivity contribution in [3.05, 3.63) is 23.8 Å². The van der Waals surface area contributed by atoms with Gasteiger partial charge in [-0.3, -0.25) is 4.79 Å². The molecule has 1 atom stereocenters. The molecule has 1 aromatic rings. The van der Waals surface area contributed by atoms with Gasteiger partial charge in [-0.1, -0.05) is 0 Å². The van der Waals surface area contributed by atoms with Gasteiger partial charge in [-0.05, 0) is 44.4 Å². The molecule has 1 saturated heterocycles. The standard InChI is InChI=1S/C16H24N2O3/c1-3-20-15-8-7-12(10-14(15)17)16(19)18(2)11-13-6-4-5-9-21-13/h7-8,10,13H,3-6,9,11,17H2,1-2H3. The first-order valence-electron chi connectivity index (χ1n) is 7.51. The number of anilines is 1. The van der Waals surface area contributed by atoms with E-state index in [2.05, 4.69) is 0 Å². The van der Waals surface area contributed by atoms with Crippen molar-refractivity contribution in [2.45, 2.75) is 32.3 Å². The van der Waals surface area contributed by atoms with Crippen molar-refractivity contribution in [1.82, 2.24) is 4.90 Å². The highest BCUT2D eigenvalue weighted by molar-refractivity contribution is 5.95. The molecule has 5 heteroatoms. The number of hydrogen-bond acceptors (Lipinski definition) is 4. The first-order chi connectivity index (χ1) is 10.1. The third-order valence-corrected chi connectivity index (χ3v) is 3.65. The van der Waals surface area contributed by atoms with E-state index in [0.29, 0.717) is 30.2 Å².